The van der Waals surface area contributed by atoms with Gasteiger partial charge in [-0.3, -0.25) is 0 Å². The zero-order valence-corrected chi connectivity index (χ0v) is 10.5. The lowest BCUT2D eigenvalue weighted by Gasteiger charge is -2.24. The van der Waals surface area contributed by atoms with E-state index in [1.165, 1.54) is 6.42 Å². The molecule has 2 fully saturated rings. The minimum atomic E-state index is -0.386. The van der Waals surface area contributed by atoms with Crippen molar-refractivity contribution in [3.05, 3.63) is 0 Å². The maximum atomic E-state index is 11.9. The van der Waals surface area contributed by atoms with Crippen molar-refractivity contribution in [3.8, 4) is 0 Å². The van der Waals surface area contributed by atoms with Gasteiger partial charge >= 0.3 is 6.09 Å². The molecule has 0 radical (unpaired) electrons. The molecular weight excluding hydrogens is 204 g/mol. The lowest BCUT2D eigenvalue weighted by atomic mass is 9.90. The van der Waals surface area contributed by atoms with Gasteiger partial charge in [-0.1, -0.05) is 0 Å². The number of ether oxygens (including phenoxy) is 1. The van der Waals surface area contributed by atoms with E-state index in [1.54, 1.807) is 0 Å². The van der Waals surface area contributed by atoms with Gasteiger partial charge in [0.2, 0.25) is 0 Å². The van der Waals surface area contributed by atoms with E-state index in [1.807, 2.05) is 25.7 Å². The van der Waals surface area contributed by atoms with Crippen LogP contribution in [-0.2, 0) is 4.74 Å². The third-order valence-corrected chi connectivity index (χ3v) is 3.33. The van der Waals surface area contributed by atoms with Crippen molar-refractivity contribution in [2.24, 2.45) is 11.8 Å². The van der Waals surface area contributed by atoms with Gasteiger partial charge in [-0.25, -0.2) is 4.79 Å². The Balaban J connectivity index is 1.90. The molecule has 0 aromatic rings. The van der Waals surface area contributed by atoms with Crippen LogP contribution in [0.3, 0.4) is 0 Å². The number of likely N-dealkylation sites (tertiary alicyclic amines) is 1. The van der Waals surface area contributed by atoms with Crippen LogP contribution in [-0.4, -0.2) is 42.8 Å². The first-order valence-corrected chi connectivity index (χ1v) is 6.14. The quantitative estimate of drug-likeness (QED) is 0.680. The van der Waals surface area contributed by atoms with Gasteiger partial charge in [0.05, 0.1) is 0 Å². The van der Waals surface area contributed by atoms with E-state index in [0.29, 0.717) is 11.8 Å². The summed E-state index contributed by atoms with van der Waals surface area (Å²) in [4.78, 5) is 13.8. The molecule has 2 aliphatic heterocycles. The fourth-order valence-corrected chi connectivity index (χ4v) is 2.55. The van der Waals surface area contributed by atoms with Gasteiger partial charge in [-0.05, 0) is 52.1 Å². The normalized spacial score (nSPS) is 30.1. The van der Waals surface area contributed by atoms with Crippen molar-refractivity contribution in [1.29, 1.82) is 0 Å². The van der Waals surface area contributed by atoms with Crippen LogP contribution in [0.1, 0.15) is 27.2 Å². The van der Waals surface area contributed by atoms with Crippen LogP contribution in [0.25, 0.3) is 0 Å². The van der Waals surface area contributed by atoms with E-state index in [4.69, 9.17) is 4.74 Å². The highest BCUT2D eigenvalue weighted by molar-refractivity contribution is 5.68. The molecule has 16 heavy (non-hydrogen) atoms. The Bertz CT molecular complexity index is 259. The lowest BCUT2D eigenvalue weighted by Crippen LogP contribution is -2.36. The second-order valence-electron chi connectivity index (χ2n) is 5.90. The number of nitrogens with one attached hydrogen (secondary N) is 1. The molecule has 0 unspecified atom stereocenters. The van der Waals surface area contributed by atoms with Gasteiger partial charge < -0.3 is 15.0 Å². The molecule has 0 aromatic heterocycles. The van der Waals surface area contributed by atoms with Crippen molar-refractivity contribution < 1.29 is 9.53 Å². The molecule has 4 nitrogen and oxygen atoms in total. The van der Waals surface area contributed by atoms with E-state index in [2.05, 4.69) is 5.32 Å². The molecule has 2 atom stereocenters. The highest BCUT2D eigenvalue weighted by Crippen LogP contribution is 2.28. The molecule has 0 spiro atoms. The summed E-state index contributed by atoms with van der Waals surface area (Å²) in [5.74, 6) is 1.30. The predicted octanol–water partition coefficient (Wildman–Crippen LogP) is 1.46. The number of fused-ring (bicyclic) bond motifs is 1. The molecular formula is C12H22N2O2. The number of amides is 1. The average molecular weight is 226 g/mol. The minimum absolute atomic E-state index is 0.151. The average Bonchev–Trinajstić information content (AvgIpc) is 2.58. The third-order valence-electron chi connectivity index (χ3n) is 3.33. The van der Waals surface area contributed by atoms with E-state index < -0.39 is 0 Å². The van der Waals surface area contributed by atoms with Crippen molar-refractivity contribution in [1.82, 2.24) is 10.2 Å². The number of rotatable bonds is 0. The number of piperidine rings is 1. The maximum absolute atomic E-state index is 11.9. The third kappa shape index (κ3) is 2.67. The van der Waals surface area contributed by atoms with Crippen LogP contribution >= 0.6 is 0 Å². The van der Waals surface area contributed by atoms with Crippen molar-refractivity contribution in [2.45, 2.75) is 32.8 Å². The predicted molar refractivity (Wildman–Crippen MR) is 62.3 cm³/mol. The monoisotopic (exact) mass is 226 g/mol. The van der Waals surface area contributed by atoms with Crippen LogP contribution in [0.4, 0.5) is 4.79 Å². The second kappa shape index (κ2) is 4.24. The van der Waals surface area contributed by atoms with Gasteiger partial charge in [0.25, 0.3) is 0 Å². The molecule has 4 heteroatoms. The van der Waals surface area contributed by atoms with Crippen LogP contribution in [0.5, 0.6) is 0 Å². The Labute approximate surface area is 97.3 Å². The lowest BCUT2D eigenvalue weighted by molar-refractivity contribution is 0.0285. The van der Waals surface area contributed by atoms with Gasteiger partial charge in [-0.15, -0.1) is 0 Å². The smallest absolute Gasteiger partial charge is 0.410 e. The zero-order valence-electron chi connectivity index (χ0n) is 10.5. The second-order valence-corrected chi connectivity index (χ2v) is 5.90. The Morgan fingerprint density at radius 2 is 2.00 bits per heavy atom. The van der Waals surface area contributed by atoms with Crippen molar-refractivity contribution in [3.63, 3.8) is 0 Å². The van der Waals surface area contributed by atoms with E-state index in [0.717, 1.165) is 26.2 Å². The van der Waals surface area contributed by atoms with Crippen LogP contribution < -0.4 is 5.32 Å². The Morgan fingerprint density at radius 3 is 2.62 bits per heavy atom. The molecule has 1 N–H and O–H groups in total. The number of carbonyl (C=O) groups excluding carboxylic acids is 1. The Kier molecular flexibility index (Phi) is 3.10. The van der Waals surface area contributed by atoms with Crippen LogP contribution in [0.2, 0.25) is 0 Å². The topological polar surface area (TPSA) is 41.6 Å². The molecule has 2 rings (SSSR count). The van der Waals surface area contributed by atoms with Crippen molar-refractivity contribution >= 4 is 6.09 Å². The first kappa shape index (κ1) is 11.7. The zero-order chi connectivity index (χ0) is 11.8. The summed E-state index contributed by atoms with van der Waals surface area (Å²) in [5, 5.41) is 3.39. The largest absolute Gasteiger partial charge is 0.444 e. The van der Waals surface area contributed by atoms with Gasteiger partial charge in [0.1, 0.15) is 5.60 Å². The van der Waals surface area contributed by atoms with Crippen LogP contribution in [0.15, 0.2) is 0 Å². The summed E-state index contributed by atoms with van der Waals surface area (Å²) in [6.07, 6.45) is 1.03. The minimum Gasteiger partial charge on any atom is -0.444 e. The Hall–Kier alpha value is -0.770. The number of hydrogen-bond acceptors (Lipinski definition) is 3. The molecule has 0 aliphatic carbocycles. The highest BCUT2D eigenvalue weighted by atomic mass is 16.6. The maximum Gasteiger partial charge on any atom is 0.410 e. The fourth-order valence-electron chi connectivity index (χ4n) is 2.55. The first-order valence-electron chi connectivity index (χ1n) is 6.14. The van der Waals surface area contributed by atoms with Gasteiger partial charge in [0, 0.05) is 13.1 Å². The van der Waals surface area contributed by atoms with Gasteiger partial charge in [-0.2, -0.15) is 0 Å². The number of nitrogens with zero attached hydrogens (tertiary/aromatic N) is 1. The summed E-state index contributed by atoms with van der Waals surface area (Å²) in [6, 6.07) is 0. The van der Waals surface area contributed by atoms with E-state index in [-0.39, 0.29) is 11.7 Å². The molecule has 92 valence electrons. The van der Waals surface area contributed by atoms with E-state index in [9.17, 15) is 4.79 Å². The summed E-state index contributed by atoms with van der Waals surface area (Å²) in [7, 11) is 0. The fraction of sp³-hybridized carbons (Fsp3) is 0.917. The standard InChI is InChI=1S/C12H22N2O2/c1-12(2,3)16-11(15)14-7-9-4-5-13-6-10(9)8-14/h9-10,13H,4-8H2,1-3H3/t9-,10-/m0/s1. The molecule has 0 bridgehead atoms. The number of carbonyl (C=O) groups is 1. The van der Waals surface area contributed by atoms with Crippen LogP contribution in [0, 0.1) is 11.8 Å². The molecule has 0 saturated carbocycles. The summed E-state index contributed by atoms with van der Waals surface area (Å²) < 4.78 is 5.39. The number of hydrogen-bond donors (Lipinski definition) is 1. The molecule has 2 saturated heterocycles. The molecule has 1 amide bonds. The van der Waals surface area contributed by atoms with Gasteiger partial charge in [0.15, 0.2) is 0 Å². The summed E-state index contributed by atoms with van der Waals surface area (Å²) in [6.45, 7) is 9.60. The molecule has 2 aliphatic rings. The van der Waals surface area contributed by atoms with E-state index >= 15 is 0 Å². The Morgan fingerprint density at radius 1 is 1.31 bits per heavy atom. The molecule has 0 aromatic carbocycles. The highest BCUT2D eigenvalue weighted by Gasteiger charge is 2.37. The first-order chi connectivity index (χ1) is 7.46. The molecule has 2 heterocycles. The SMILES string of the molecule is CC(C)(C)OC(=O)N1C[C@@H]2CCNC[C@H]2C1. The summed E-state index contributed by atoms with van der Waals surface area (Å²) in [5.41, 5.74) is -0.386. The van der Waals surface area contributed by atoms with Crippen molar-refractivity contribution in [2.75, 3.05) is 26.2 Å². The summed E-state index contributed by atoms with van der Waals surface area (Å²) >= 11 is 0.